The lowest BCUT2D eigenvalue weighted by molar-refractivity contribution is 0.204. The molecule has 1 aliphatic heterocycles. The summed E-state index contributed by atoms with van der Waals surface area (Å²) in [4.78, 5) is 2.37. The number of aryl methyl sites for hydroxylation is 1. The van der Waals surface area contributed by atoms with Gasteiger partial charge in [0.2, 0.25) is 0 Å². The number of aromatic amines is 1. The average molecular weight is 275 g/mol. The molecule has 0 aromatic carbocycles. The molecule has 0 bridgehead atoms. The normalized spacial score (nSPS) is 23.6. The highest BCUT2D eigenvalue weighted by Crippen LogP contribution is 2.28. The van der Waals surface area contributed by atoms with Crippen LogP contribution in [0.2, 0.25) is 0 Å². The van der Waals surface area contributed by atoms with E-state index in [1.54, 1.807) is 0 Å². The van der Waals surface area contributed by atoms with E-state index < -0.39 is 0 Å². The first-order chi connectivity index (χ1) is 9.67. The first kappa shape index (κ1) is 13.4. The van der Waals surface area contributed by atoms with Crippen LogP contribution in [0.15, 0.2) is 22.7 Å². The molecule has 20 heavy (non-hydrogen) atoms. The first-order valence-electron chi connectivity index (χ1n) is 7.09. The molecular formula is C15H21N3O2. The molecule has 0 spiro atoms. The first-order valence-corrected chi connectivity index (χ1v) is 7.09. The summed E-state index contributed by atoms with van der Waals surface area (Å²) in [5.74, 6) is 2.66. The van der Waals surface area contributed by atoms with E-state index in [1.807, 2.05) is 25.3 Å². The molecule has 108 valence electrons. The van der Waals surface area contributed by atoms with E-state index in [9.17, 15) is 5.11 Å². The van der Waals surface area contributed by atoms with Gasteiger partial charge in [0.1, 0.15) is 11.5 Å². The highest BCUT2D eigenvalue weighted by Gasteiger charge is 2.29. The van der Waals surface area contributed by atoms with E-state index in [0.717, 1.165) is 42.4 Å². The maximum atomic E-state index is 9.36. The number of furan rings is 1. The minimum absolute atomic E-state index is 0.271. The second-order valence-corrected chi connectivity index (χ2v) is 5.79. The third kappa shape index (κ3) is 2.51. The van der Waals surface area contributed by atoms with Gasteiger partial charge in [0.25, 0.3) is 0 Å². The van der Waals surface area contributed by atoms with Crippen LogP contribution in [0.4, 0.5) is 0 Å². The Balaban J connectivity index is 1.75. The number of likely N-dealkylation sites (tertiary alicyclic amines) is 1. The molecule has 1 saturated heterocycles. The molecule has 1 fully saturated rings. The van der Waals surface area contributed by atoms with Crippen LogP contribution in [0.5, 0.6) is 0 Å². The van der Waals surface area contributed by atoms with Crippen molar-refractivity contribution in [2.24, 2.45) is 11.8 Å². The van der Waals surface area contributed by atoms with Gasteiger partial charge in [-0.15, -0.1) is 0 Å². The summed E-state index contributed by atoms with van der Waals surface area (Å²) >= 11 is 0. The Morgan fingerprint density at radius 3 is 2.95 bits per heavy atom. The van der Waals surface area contributed by atoms with Crippen molar-refractivity contribution in [1.82, 2.24) is 15.1 Å². The summed E-state index contributed by atoms with van der Waals surface area (Å²) in [5.41, 5.74) is 2.10. The number of rotatable bonds is 4. The minimum Gasteiger partial charge on any atom is -0.460 e. The fourth-order valence-electron chi connectivity index (χ4n) is 2.96. The van der Waals surface area contributed by atoms with Gasteiger partial charge in [0, 0.05) is 31.8 Å². The Bertz CT molecular complexity index is 575. The zero-order valence-electron chi connectivity index (χ0n) is 12.0. The monoisotopic (exact) mass is 275 g/mol. The molecule has 5 nitrogen and oxygen atoms in total. The smallest absolute Gasteiger partial charge is 0.152 e. The summed E-state index contributed by atoms with van der Waals surface area (Å²) < 4.78 is 5.67. The van der Waals surface area contributed by atoms with Crippen molar-refractivity contribution in [1.29, 1.82) is 0 Å². The molecule has 5 heteroatoms. The van der Waals surface area contributed by atoms with Crippen molar-refractivity contribution in [2.75, 3.05) is 19.7 Å². The second kappa shape index (κ2) is 5.42. The van der Waals surface area contributed by atoms with E-state index in [2.05, 4.69) is 22.0 Å². The van der Waals surface area contributed by atoms with Crippen molar-refractivity contribution >= 4 is 0 Å². The van der Waals surface area contributed by atoms with Crippen LogP contribution in [-0.2, 0) is 6.54 Å². The summed E-state index contributed by atoms with van der Waals surface area (Å²) in [6, 6.07) is 3.93. The lowest BCUT2D eigenvalue weighted by Crippen LogP contribution is -2.21. The average Bonchev–Trinajstić information content (AvgIpc) is 3.10. The maximum Gasteiger partial charge on any atom is 0.152 e. The fourth-order valence-corrected chi connectivity index (χ4v) is 2.96. The van der Waals surface area contributed by atoms with Crippen LogP contribution in [0.25, 0.3) is 11.5 Å². The molecule has 0 radical (unpaired) electrons. The molecule has 1 aliphatic rings. The van der Waals surface area contributed by atoms with E-state index in [1.165, 1.54) is 0 Å². The molecule has 0 amide bonds. The lowest BCUT2D eigenvalue weighted by atomic mass is 10.00. The van der Waals surface area contributed by atoms with Crippen molar-refractivity contribution < 1.29 is 9.52 Å². The summed E-state index contributed by atoms with van der Waals surface area (Å²) in [5, 5.41) is 16.5. The summed E-state index contributed by atoms with van der Waals surface area (Å²) in [7, 11) is 0. The van der Waals surface area contributed by atoms with Crippen LogP contribution >= 0.6 is 0 Å². The van der Waals surface area contributed by atoms with Gasteiger partial charge in [0.15, 0.2) is 5.76 Å². The Kier molecular flexibility index (Phi) is 3.63. The topological polar surface area (TPSA) is 65.3 Å². The highest BCUT2D eigenvalue weighted by atomic mass is 16.3. The van der Waals surface area contributed by atoms with Crippen molar-refractivity contribution in [3.8, 4) is 11.5 Å². The fraction of sp³-hybridized carbons (Fsp3) is 0.533. The predicted molar refractivity (Wildman–Crippen MR) is 76.0 cm³/mol. The molecule has 2 aromatic rings. The van der Waals surface area contributed by atoms with Crippen LogP contribution in [0.1, 0.15) is 18.2 Å². The number of aliphatic hydroxyl groups excluding tert-OH is 1. The third-order valence-electron chi connectivity index (χ3n) is 4.18. The van der Waals surface area contributed by atoms with Crippen LogP contribution in [-0.4, -0.2) is 39.9 Å². The molecule has 0 unspecified atom stereocenters. The molecule has 0 saturated carbocycles. The number of nitrogens with one attached hydrogen (secondary N) is 1. The second-order valence-electron chi connectivity index (χ2n) is 5.79. The molecule has 0 aliphatic carbocycles. The number of hydrogen-bond acceptors (Lipinski definition) is 4. The predicted octanol–water partition coefficient (Wildman–Crippen LogP) is 2.04. The van der Waals surface area contributed by atoms with Gasteiger partial charge in [-0.1, -0.05) is 6.92 Å². The third-order valence-corrected chi connectivity index (χ3v) is 4.18. The van der Waals surface area contributed by atoms with E-state index >= 15 is 0 Å². The number of aromatic nitrogens is 2. The Hall–Kier alpha value is -1.59. The quantitative estimate of drug-likeness (QED) is 0.896. The van der Waals surface area contributed by atoms with Gasteiger partial charge in [-0.25, -0.2) is 0 Å². The van der Waals surface area contributed by atoms with Gasteiger partial charge in [0.05, 0.1) is 6.20 Å². The van der Waals surface area contributed by atoms with Gasteiger partial charge >= 0.3 is 0 Å². The Labute approximate surface area is 118 Å². The van der Waals surface area contributed by atoms with Crippen molar-refractivity contribution in [2.45, 2.75) is 20.4 Å². The lowest BCUT2D eigenvalue weighted by Gasteiger charge is -2.15. The number of hydrogen-bond donors (Lipinski definition) is 2. The van der Waals surface area contributed by atoms with Gasteiger partial charge < -0.3 is 9.52 Å². The molecular weight excluding hydrogens is 254 g/mol. The molecule has 2 atom stereocenters. The van der Waals surface area contributed by atoms with E-state index in [-0.39, 0.29) is 6.61 Å². The minimum atomic E-state index is 0.271. The van der Waals surface area contributed by atoms with Crippen molar-refractivity contribution in [3.63, 3.8) is 0 Å². The van der Waals surface area contributed by atoms with Crippen LogP contribution in [0, 0.1) is 18.8 Å². The molecule has 3 rings (SSSR count). The largest absolute Gasteiger partial charge is 0.460 e. The summed E-state index contributed by atoms with van der Waals surface area (Å²) in [6.45, 7) is 7.22. The maximum absolute atomic E-state index is 9.36. The molecule has 3 heterocycles. The standard InChI is InChI=1S/C15H21N3O2/c1-10-6-18(8-13(10)9-19)7-12-5-16-17-15(12)14-4-3-11(2)20-14/h3-5,10,13,19H,6-9H2,1-2H3,(H,16,17)/t10-,13+/m1/s1. The van der Waals surface area contributed by atoms with E-state index in [0.29, 0.717) is 11.8 Å². The van der Waals surface area contributed by atoms with Crippen molar-refractivity contribution in [3.05, 3.63) is 29.7 Å². The highest BCUT2D eigenvalue weighted by molar-refractivity contribution is 5.56. The Morgan fingerprint density at radius 1 is 1.45 bits per heavy atom. The van der Waals surface area contributed by atoms with Crippen LogP contribution < -0.4 is 0 Å². The van der Waals surface area contributed by atoms with Gasteiger partial charge in [-0.05, 0) is 30.9 Å². The zero-order valence-corrected chi connectivity index (χ0v) is 12.0. The number of H-pyrrole nitrogens is 1. The zero-order chi connectivity index (χ0) is 14.1. The van der Waals surface area contributed by atoms with Crippen LogP contribution in [0.3, 0.4) is 0 Å². The Morgan fingerprint density at radius 2 is 2.30 bits per heavy atom. The van der Waals surface area contributed by atoms with E-state index in [4.69, 9.17) is 4.42 Å². The number of aliphatic hydroxyl groups is 1. The molecule has 2 N–H and O–H groups in total. The van der Waals surface area contributed by atoms with Gasteiger partial charge in [-0.2, -0.15) is 5.10 Å². The molecule has 2 aromatic heterocycles. The van der Waals surface area contributed by atoms with Gasteiger partial charge in [-0.3, -0.25) is 10.00 Å². The SMILES string of the molecule is Cc1ccc(-c2[nH]ncc2CN2C[C@@H](CO)[C@H](C)C2)o1. The summed E-state index contributed by atoms with van der Waals surface area (Å²) in [6.07, 6.45) is 1.87. The number of nitrogens with zero attached hydrogens (tertiary/aromatic N) is 2.